The van der Waals surface area contributed by atoms with Gasteiger partial charge in [-0.3, -0.25) is 4.79 Å². The summed E-state index contributed by atoms with van der Waals surface area (Å²) in [6.45, 7) is 5.01. The molecular formula is C22H25ClFN3O2. The number of amides is 3. The Morgan fingerprint density at radius 1 is 1.21 bits per heavy atom. The fourth-order valence-electron chi connectivity index (χ4n) is 3.52. The summed E-state index contributed by atoms with van der Waals surface area (Å²) in [5.41, 5.74) is 1.72. The fourth-order valence-corrected chi connectivity index (χ4v) is 3.69. The van der Waals surface area contributed by atoms with Gasteiger partial charge in [-0.15, -0.1) is 0 Å². The second-order valence-corrected chi connectivity index (χ2v) is 8.22. The van der Waals surface area contributed by atoms with Crippen molar-refractivity contribution in [1.29, 1.82) is 0 Å². The summed E-state index contributed by atoms with van der Waals surface area (Å²) in [7, 11) is 0. The highest BCUT2D eigenvalue weighted by Crippen LogP contribution is 2.30. The van der Waals surface area contributed by atoms with Gasteiger partial charge in [-0.2, -0.15) is 0 Å². The molecule has 0 bridgehead atoms. The minimum atomic E-state index is -0.682. The first-order valence-corrected chi connectivity index (χ1v) is 9.99. The highest BCUT2D eigenvalue weighted by molar-refractivity contribution is 6.31. The molecule has 3 amide bonds. The number of carbonyl (C=O) groups excluding carboxylic acids is 2. The molecule has 1 fully saturated rings. The van der Waals surface area contributed by atoms with E-state index < -0.39 is 5.41 Å². The van der Waals surface area contributed by atoms with Gasteiger partial charge in [0.25, 0.3) is 0 Å². The minimum Gasteiger partial charge on any atom is -0.351 e. The Kier molecular flexibility index (Phi) is 6.42. The third kappa shape index (κ3) is 5.26. The van der Waals surface area contributed by atoms with Crippen molar-refractivity contribution in [3.63, 3.8) is 0 Å². The van der Waals surface area contributed by atoms with Crippen molar-refractivity contribution in [3.8, 4) is 0 Å². The molecule has 1 saturated heterocycles. The van der Waals surface area contributed by atoms with Crippen LogP contribution in [0.15, 0.2) is 42.5 Å². The molecule has 1 atom stereocenters. The smallest absolute Gasteiger partial charge is 0.321 e. The summed E-state index contributed by atoms with van der Waals surface area (Å²) in [5.74, 6) is -0.422. The van der Waals surface area contributed by atoms with Crippen LogP contribution in [-0.2, 0) is 11.3 Å². The first-order valence-electron chi connectivity index (χ1n) is 9.62. The first kappa shape index (κ1) is 21.1. The molecule has 1 aliphatic rings. The monoisotopic (exact) mass is 417 g/mol. The SMILES string of the molecule is Cc1ccc(Cl)cc1NC(=O)N1CCCC(C)(C(=O)NCc2ccc(F)cc2)C1. The lowest BCUT2D eigenvalue weighted by molar-refractivity contribution is -0.132. The third-order valence-electron chi connectivity index (χ3n) is 5.34. The average Bonchev–Trinajstić information content (AvgIpc) is 2.70. The highest BCUT2D eigenvalue weighted by atomic mass is 35.5. The molecule has 0 saturated carbocycles. The van der Waals surface area contributed by atoms with Gasteiger partial charge in [-0.05, 0) is 62.1 Å². The number of nitrogens with one attached hydrogen (secondary N) is 2. The van der Waals surface area contributed by atoms with E-state index in [4.69, 9.17) is 11.6 Å². The van der Waals surface area contributed by atoms with Gasteiger partial charge in [-0.25, -0.2) is 9.18 Å². The second-order valence-electron chi connectivity index (χ2n) is 7.78. The van der Waals surface area contributed by atoms with E-state index in [1.54, 1.807) is 29.2 Å². The molecule has 2 aromatic carbocycles. The van der Waals surface area contributed by atoms with Crippen molar-refractivity contribution in [2.24, 2.45) is 5.41 Å². The Morgan fingerprint density at radius 2 is 1.93 bits per heavy atom. The molecular weight excluding hydrogens is 393 g/mol. The lowest BCUT2D eigenvalue weighted by Crippen LogP contribution is -2.52. The van der Waals surface area contributed by atoms with Crippen LogP contribution in [0, 0.1) is 18.2 Å². The number of anilines is 1. The number of piperidine rings is 1. The number of nitrogens with zero attached hydrogens (tertiary/aromatic N) is 1. The maximum atomic E-state index is 13.0. The van der Waals surface area contributed by atoms with Crippen molar-refractivity contribution in [3.05, 3.63) is 64.4 Å². The van der Waals surface area contributed by atoms with Crippen LogP contribution in [0.2, 0.25) is 5.02 Å². The van der Waals surface area contributed by atoms with Gasteiger partial charge in [0.2, 0.25) is 5.91 Å². The number of benzene rings is 2. The van der Waals surface area contributed by atoms with E-state index in [0.717, 1.165) is 17.5 Å². The number of aryl methyl sites for hydroxylation is 1. The second kappa shape index (κ2) is 8.82. The summed E-state index contributed by atoms with van der Waals surface area (Å²) in [5, 5.41) is 6.36. The number of carbonyl (C=O) groups is 2. The molecule has 7 heteroatoms. The summed E-state index contributed by atoms with van der Waals surface area (Å²) in [6, 6.07) is 11.1. The topological polar surface area (TPSA) is 61.4 Å². The molecule has 1 heterocycles. The van der Waals surface area contributed by atoms with Crippen molar-refractivity contribution < 1.29 is 14.0 Å². The number of halogens is 2. The number of hydrogen-bond acceptors (Lipinski definition) is 2. The van der Waals surface area contributed by atoms with Crippen molar-refractivity contribution in [2.75, 3.05) is 18.4 Å². The van der Waals surface area contributed by atoms with Crippen LogP contribution in [0.25, 0.3) is 0 Å². The van der Waals surface area contributed by atoms with E-state index >= 15 is 0 Å². The molecule has 29 heavy (non-hydrogen) atoms. The van der Waals surface area contributed by atoms with Crippen LogP contribution in [-0.4, -0.2) is 29.9 Å². The molecule has 154 valence electrons. The molecule has 2 N–H and O–H groups in total. The Bertz CT molecular complexity index is 903. The van der Waals surface area contributed by atoms with E-state index in [9.17, 15) is 14.0 Å². The largest absolute Gasteiger partial charge is 0.351 e. The van der Waals surface area contributed by atoms with Gasteiger partial charge >= 0.3 is 6.03 Å². The van der Waals surface area contributed by atoms with Crippen LogP contribution in [0.3, 0.4) is 0 Å². The maximum Gasteiger partial charge on any atom is 0.321 e. The molecule has 5 nitrogen and oxygen atoms in total. The summed E-state index contributed by atoms with van der Waals surface area (Å²) in [6.07, 6.45) is 1.44. The molecule has 1 aliphatic heterocycles. The predicted molar refractivity (Wildman–Crippen MR) is 112 cm³/mol. The van der Waals surface area contributed by atoms with Crippen molar-refractivity contribution in [2.45, 2.75) is 33.2 Å². The van der Waals surface area contributed by atoms with E-state index in [1.807, 2.05) is 19.9 Å². The fraction of sp³-hybridized carbons (Fsp3) is 0.364. The molecule has 0 aromatic heterocycles. The molecule has 0 spiro atoms. The standard InChI is InChI=1S/C22H25ClFN3O2/c1-15-4-7-17(23)12-19(15)26-21(29)27-11-3-10-22(2,14-27)20(28)25-13-16-5-8-18(24)9-6-16/h4-9,12H,3,10-11,13-14H2,1-2H3,(H,25,28)(H,26,29). The summed E-state index contributed by atoms with van der Waals surface area (Å²) in [4.78, 5) is 27.2. The third-order valence-corrected chi connectivity index (χ3v) is 5.57. The van der Waals surface area contributed by atoms with Crippen molar-refractivity contribution >= 4 is 29.2 Å². The van der Waals surface area contributed by atoms with Gasteiger partial charge in [0.1, 0.15) is 5.82 Å². The minimum absolute atomic E-state index is 0.113. The summed E-state index contributed by atoms with van der Waals surface area (Å²) < 4.78 is 13.0. The van der Waals surface area contributed by atoms with Gasteiger partial charge in [-0.1, -0.05) is 29.8 Å². The number of urea groups is 1. The number of hydrogen-bond donors (Lipinski definition) is 2. The lowest BCUT2D eigenvalue weighted by Gasteiger charge is -2.39. The average molecular weight is 418 g/mol. The van der Waals surface area contributed by atoms with E-state index in [1.165, 1.54) is 12.1 Å². The van der Waals surface area contributed by atoms with Gasteiger partial charge in [0.15, 0.2) is 0 Å². The van der Waals surface area contributed by atoms with Crippen LogP contribution in [0.4, 0.5) is 14.9 Å². The molecule has 3 rings (SSSR count). The zero-order valence-electron chi connectivity index (χ0n) is 16.6. The Hall–Kier alpha value is -2.60. The normalized spacial score (nSPS) is 19.0. The molecule has 1 unspecified atom stereocenters. The number of likely N-dealkylation sites (tertiary alicyclic amines) is 1. The summed E-state index contributed by atoms with van der Waals surface area (Å²) >= 11 is 6.03. The van der Waals surface area contributed by atoms with Gasteiger partial charge in [0.05, 0.1) is 5.41 Å². The maximum absolute atomic E-state index is 13.0. The van der Waals surface area contributed by atoms with Crippen LogP contribution in [0.1, 0.15) is 30.9 Å². The number of rotatable bonds is 4. The lowest BCUT2D eigenvalue weighted by atomic mass is 9.81. The van der Waals surface area contributed by atoms with Crippen LogP contribution < -0.4 is 10.6 Å². The van der Waals surface area contributed by atoms with E-state index in [2.05, 4.69) is 10.6 Å². The van der Waals surface area contributed by atoms with Crippen molar-refractivity contribution in [1.82, 2.24) is 10.2 Å². The van der Waals surface area contributed by atoms with E-state index in [0.29, 0.717) is 36.8 Å². The first-order chi connectivity index (χ1) is 13.8. The molecule has 0 radical (unpaired) electrons. The Balaban J connectivity index is 1.61. The molecule has 0 aliphatic carbocycles. The highest BCUT2D eigenvalue weighted by Gasteiger charge is 2.39. The van der Waals surface area contributed by atoms with E-state index in [-0.39, 0.29) is 17.8 Å². The van der Waals surface area contributed by atoms with Gasteiger partial charge in [0, 0.05) is 30.3 Å². The predicted octanol–water partition coefficient (Wildman–Crippen LogP) is 4.74. The Morgan fingerprint density at radius 3 is 2.66 bits per heavy atom. The van der Waals surface area contributed by atoms with Crippen LogP contribution in [0.5, 0.6) is 0 Å². The molecule has 2 aromatic rings. The zero-order valence-corrected chi connectivity index (χ0v) is 17.4. The Labute approximate surface area is 175 Å². The van der Waals surface area contributed by atoms with Gasteiger partial charge < -0.3 is 15.5 Å². The zero-order chi connectivity index (χ0) is 21.0. The van der Waals surface area contributed by atoms with Crippen LogP contribution >= 0.6 is 11.6 Å². The quantitative estimate of drug-likeness (QED) is 0.754.